The molecule has 1 N–H and O–H groups in total. The average molecular weight is 235 g/mol. The summed E-state index contributed by atoms with van der Waals surface area (Å²) in [4.78, 5) is 11.5. The summed E-state index contributed by atoms with van der Waals surface area (Å²) in [5, 5.41) is 3.00. The van der Waals surface area contributed by atoms with E-state index in [2.05, 4.69) is 12.2 Å². The van der Waals surface area contributed by atoms with Crippen molar-refractivity contribution < 1.29 is 9.18 Å². The number of rotatable bonds is 5. The second-order valence-electron chi connectivity index (χ2n) is 4.67. The highest BCUT2D eigenvalue weighted by Crippen LogP contribution is 2.40. The maximum Gasteiger partial charge on any atom is 0.220 e. The van der Waals surface area contributed by atoms with E-state index in [1.165, 1.54) is 6.07 Å². The molecule has 0 unspecified atom stereocenters. The third-order valence-electron chi connectivity index (χ3n) is 3.17. The summed E-state index contributed by atoms with van der Waals surface area (Å²) in [6.45, 7) is 2.07. The van der Waals surface area contributed by atoms with Crippen LogP contribution in [-0.2, 0) is 4.79 Å². The molecule has 2 rings (SSSR count). The van der Waals surface area contributed by atoms with Crippen molar-refractivity contribution in [3.05, 3.63) is 35.6 Å². The van der Waals surface area contributed by atoms with Crippen molar-refractivity contribution in [2.75, 3.05) is 0 Å². The van der Waals surface area contributed by atoms with E-state index in [-0.39, 0.29) is 17.8 Å². The predicted molar refractivity (Wildman–Crippen MR) is 65.2 cm³/mol. The molecule has 1 aliphatic carbocycles. The molecule has 0 aliphatic heterocycles. The molecule has 1 aliphatic rings. The van der Waals surface area contributed by atoms with Gasteiger partial charge in [0.05, 0.1) is 0 Å². The Morgan fingerprint density at radius 3 is 3.06 bits per heavy atom. The van der Waals surface area contributed by atoms with Crippen molar-refractivity contribution >= 4 is 5.91 Å². The highest BCUT2D eigenvalue weighted by molar-refractivity contribution is 5.76. The number of benzene rings is 1. The molecule has 92 valence electrons. The molecular formula is C14H18FNO. The van der Waals surface area contributed by atoms with Gasteiger partial charge >= 0.3 is 0 Å². The van der Waals surface area contributed by atoms with Gasteiger partial charge in [-0.2, -0.15) is 0 Å². The molecule has 0 radical (unpaired) electrons. The van der Waals surface area contributed by atoms with Crippen LogP contribution >= 0.6 is 0 Å². The van der Waals surface area contributed by atoms with Gasteiger partial charge in [0.15, 0.2) is 0 Å². The minimum Gasteiger partial charge on any atom is -0.353 e. The fourth-order valence-corrected chi connectivity index (χ4v) is 2.08. The number of hydrogen-bond acceptors (Lipinski definition) is 1. The zero-order valence-electron chi connectivity index (χ0n) is 10.1. The maximum atomic E-state index is 13.0. The average Bonchev–Trinajstić information content (AvgIpc) is 3.05. The van der Waals surface area contributed by atoms with Gasteiger partial charge in [-0.25, -0.2) is 4.39 Å². The van der Waals surface area contributed by atoms with Crippen LogP contribution in [0.5, 0.6) is 0 Å². The molecule has 0 spiro atoms. The smallest absolute Gasteiger partial charge is 0.220 e. The lowest BCUT2D eigenvalue weighted by Crippen LogP contribution is -2.26. The number of carbonyl (C=O) groups excluding carboxylic acids is 1. The number of nitrogens with one attached hydrogen (secondary N) is 1. The topological polar surface area (TPSA) is 29.1 Å². The first kappa shape index (κ1) is 12.1. The molecule has 1 amide bonds. The molecular weight excluding hydrogens is 217 g/mol. The van der Waals surface area contributed by atoms with E-state index in [9.17, 15) is 9.18 Å². The number of halogens is 1. The third kappa shape index (κ3) is 3.29. The fourth-order valence-electron chi connectivity index (χ4n) is 2.08. The quantitative estimate of drug-likeness (QED) is 0.835. The lowest BCUT2D eigenvalue weighted by molar-refractivity contribution is -0.121. The molecule has 2 atom stereocenters. The zero-order chi connectivity index (χ0) is 12.3. The number of carbonyl (C=O) groups is 1. The predicted octanol–water partition coefficient (Wildman–Crippen LogP) is 2.99. The summed E-state index contributed by atoms with van der Waals surface area (Å²) in [6, 6.07) is 6.86. The monoisotopic (exact) mass is 235 g/mol. The Labute approximate surface area is 101 Å². The van der Waals surface area contributed by atoms with Crippen molar-refractivity contribution in [1.29, 1.82) is 0 Å². The van der Waals surface area contributed by atoms with Crippen LogP contribution in [0.4, 0.5) is 4.39 Å². The van der Waals surface area contributed by atoms with Crippen molar-refractivity contribution in [3.8, 4) is 0 Å². The van der Waals surface area contributed by atoms with Gasteiger partial charge in [-0.05, 0) is 30.5 Å². The Morgan fingerprint density at radius 2 is 2.35 bits per heavy atom. The highest BCUT2D eigenvalue weighted by Gasteiger charge is 2.39. The minimum absolute atomic E-state index is 0.121. The first-order valence-electron chi connectivity index (χ1n) is 6.25. The van der Waals surface area contributed by atoms with Gasteiger partial charge in [0.1, 0.15) is 5.82 Å². The van der Waals surface area contributed by atoms with Gasteiger partial charge < -0.3 is 5.32 Å². The van der Waals surface area contributed by atoms with E-state index < -0.39 is 0 Å². The molecule has 2 nitrogen and oxygen atoms in total. The van der Waals surface area contributed by atoms with Gasteiger partial charge in [0, 0.05) is 18.4 Å². The Hall–Kier alpha value is -1.38. The second kappa shape index (κ2) is 5.30. The molecule has 0 bridgehead atoms. The Balaban J connectivity index is 1.82. The van der Waals surface area contributed by atoms with Crippen LogP contribution in [-0.4, -0.2) is 11.9 Å². The van der Waals surface area contributed by atoms with E-state index in [1.807, 2.05) is 6.07 Å². The first-order valence-corrected chi connectivity index (χ1v) is 6.25. The second-order valence-corrected chi connectivity index (χ2v) is 4.67. The molecule has 3 heteroatoms. The summed E-state index contributed by atoms with van der Waals surface area (Å²) < 4.78 is 13.0. The van der Waals surface area contributed by atoms with Crippen LogP contribution < -0.4 is 5.32 Å². The minimum atomic E-state index is -0.203. The van der Waals surface area contributed by atoms with Crippen LogP contribution in [0, 0.1) is 5.82 Å². The van der Waals surface area contributed by atoms with Gasteiger partial charge in [0.25, 0.3) is 0 Å². The summed E-state index contributed by atoms with van der Waals surface area (Å²) in [5.41, 5.74) is 0.991. The lowest BCUT2D eigenvalue weighted by atomic mass is 10.1. The van der Waals surface area contributed by atoms with Crippen LogP contribution in [0.2, 0.25) is 0 Å². The largest absolute Gasteiger partial charge is 0.353 e. The summed E-state index contributed by atoms with van der Waals surface area (Å²) in [6.07, 6.45) is 3.50. The fraction of sp³-hybridized carbons (Fsp3) is 0.500. The molecule has 1 fully saturated rings. The van der Waals surface area contributed by atoms with E-state index in [0.29, 0.717) is 12.3 Å². The van der Waals surface area contributed by atoms with Crippen molar-refractivity contribution in [1.82, 2.24) is 5.32 Å². The normalized spacial score (nSPS) is 22.2. The lowest BCUT2D eigenvalue weighted by Gasteiger charge is -2.04. The van der Waals surface area contributed by atoms with E-state index in [0.717, 1.165) is 24.8 Å². The molecule has 0 aromatic heterocycles. The molecule has 1 aromatic rings. The van der Waals surface area contributed by atoms with Crippen LogP contribution in [0.15, 0.2) is 24.3 Å². The summed E-state index contributed by atoms with van der Waals surface area (Å²) in [5.74, 6) is 0.220. The van der Waals surface area contributed by atoms with Gasteiger partial charge in [-0.1, -0.05) is 25.5 Å². The first-order chi connectivity index (χ1) is 8.20. The molecule has 1 aromatic carbocycles. The van der Waals surface area contributed by atoms with Crippen molar-refractivity contribution in [2.45, 2.75) is 44.6 Å². The van der Waals surface area contributed by atoms with Gasteiger partial charge in [-0.3, -0.25) is 4.79 Å². The van der Waals surface area contributed by atoms with Crippen LogP contribution in [0.3, 0.4) is 0 Å². The molecule has 17 heavy (non-hydrogen) atoms. The third-order valence-corrected chi connectivity index (χ3v) is 3.17. The Morgan fingerprint density at radius 1 is 1.53 bits per heavy atom. The van der Waals surface area contributed by atoms with E-state index in [1.54, 1.807) is 12.1 Å². The Bertz CT molecular complexity index is 405. The van der Waals surface area contributed by atoms with Crippen molar-refractivity contribution in [3.63, 3.8) is 0 Å². The molecule has 0 saturated heterocycles. The molecule has 0 heterocycles. The number of unbranched alkanes of at least 4 members (excludes halogenated alkanes) is 1. The van der Waals surface area contributed by atoms with Gasteiger partial charge in [-0.15, -0.1) is 0 Å². The number of amides is 1. The highest BCUT2D eigenvalue weighted by atomic mass is 19.1. The molecule has 1 saturated carbocycles. The van der Waals surface area contributed by atoms with Crippen LogP contribution in [0.25, 0.3) is 0 Å². The van der Waals surface area contributed by atoms with E-state index in [4.69, 9.17) is 0 Å². The maximum absolute atomic E-state index is 13.0. The Kier molecular flexibility index (Phi) is 3.77. The SMILES string of the molecule is CCCCC(=O)N[C@H]1C[C@@H]1c1cccc(F)c1. The zero-order valence-corrected chi connectivity index (χ0v) is 10.1. The summed E-state index contributed by atoms with van der Waals surface area (Å²) >= 11 is 0. The van der Waals surface area contributed by atoms with Crippen molar-refractivity contribution in [2.24, 2.45) is 0 Å². The number of hydrogen-bond donors (Lipinski definition) is 1. The van der Waals surface area contributed by atoms with E-state index >= 15 is 0 Å². The summed E-state index contributed by atoms with van der Waals surface area (Å²) in [7, 11) is 0. The standard InChI is InChI=1S/C14H18FNO/c1-2-3-7-14(17)16-13-9-12(13)10-5-4-6-11(15)8-10/h4-6,8,12-13H,2-3,7,9H2,1H3,(H,16,17)/t12-,13+/m1/s1. The van der Waals surface area contributed by atoms with Gasteiger partial charge in [0.2, 0.25) is 5.91 Å². The van der Waals surface area contributed by atoms with Crippen LogP contribution in [0.1, 0.15) is 44.1 Å².